The van der Waals surface area contributed by atoms with E-state index in [0.29, 0.717) is 0 Å². The van der Waals surface area contributed by atoms with Gasteiger partial charge in [0, 0.05) is 61.1 Å². The number of nitrogens with one attached hydrogen (secondary N) is 1. The number of hydrogen-bond acceptors (Lipinski definition) is 4. The molecule has 0 aliphatic carbocycles. The molecule has 1 atom stereocenters. The van der Waals surface area contributed by atoms with E-state index >= 15 is 0 Å². The molecule has 4 rings (SSSR count). The molecule has 1 fully saturated rings. The standard InChI is InChI=1S/C21H26N4O/c1-16-20(17-6-2-3-7-18(17)23-16)21(19-8-4-5-9-22-19)25-12-10-24(11-13-25)14-15-26/h2-9,21,23,26H,10-15H2,1H3/t21-/m1/s1. The van der Waals surface area contributed by atoms with Crippen molar-refractivity contribution >= 4 is 10.9 Å². The monoisotopic (exact) mass is 350 g/mol. The van der Waals surface area contributed by atoms with Crippen LogP contribution in [-0.4, -0.2) is 64.2 Å². The fourth-order valence-electron chi connectivity index (χ4n) is 4.09. The number of rotatable bonds is 5. The number of para-hydroxylation sites is 1. The topological polar surface area (TPSA) is 55.4 Å². The Morgan fingerprint density at radius 3 is 2.58 bits per heavy atom. The minimum Gasteiger partial charge on any atom is -0.395 e. The second-order valence-electron chi connectivity index (χ2n) is 6.97. The number of H-pyrrole nitrogens is 1. The predicted molar refractivity (Wildman–Crippen MR) is 104 cm³/mol. The first-order valence-electron chi connectivity index (χ1n) is 9.33. The largest absolute Gasteiger partial charge is 0.395 e. The summed E-state index contributed by atoms with van der Waals surface area (Å²) >= 11 is 0. The van der Waals surface area contributed by atoms with Gasteiger partial charge in [-0.25, -0.2) is 0 Å². The summed E-state index contributed by atoms with van der Waals surface area (Å²) in [7, 11) is 0. The molecule has 0 radical (unpaired) electrons. The van der Waals surface area contributed by atoms with Gasteiger partial charge in [0.25, 0.3) is 0 Å². The number of aliphatic hydroxyl groups excluding tert-OH is 1. The van der Waals surface area contributed by atoms with Crippen molar-refractivity contribution < 1.29 is 5.11 Å². The van der Waals surface area contributed by atoms with Gasteiger partial charge >= 0.3 is 0 Å². The van der Waals surface area contributed by atoms with E-state index in [1.807, 2.05) is 12.3 Å². The number of benzene rings is 1. The minimum absolute atomic E-state index is 0.142. The van der Waals surface area contributed by atoms with E-state index in [9.17, 15) is 5.11 Å². The van der Waals surface area contributed by atoms with Crippen LogP contribution >= 0.6 is 0 Å². The Balaban J connectivity index is 1.74. The van der Waals surface area contributed by atoms with Crippen LogP contribution in [0, 0.1) is 6.92 Å². The highest BCUT2D eigenvalue weighted by atomic mass is 16.3. The van der Waals surface area contributed by atoms with Gasteiger partial charge in [0.2, 0.25) is 0 Å². The zero-order valence-corrected chi connectivity index (χ0v) is 15.2. The van der Waals surface area contributed by atoms with Crippen molar-refractivity contribution in [2.75, 3.05) is 39.3 Å². The maximum atomic E-state index is 9.21. The van der Waals surface area contributed by atoms with Crippen LogP contribution < -0.4 is 0 Å². The maximum Gasteiger partial charge on any atom is 0.0800 e. The van der Waals surface area contributed by atoms with Crippen LogP contribution in [-0.2, 0) is 0 Å². The molecule has 0 bridgehead atoms. The highest BCUT2D eigenvalue weighted by molar-refractivity contribution is 5.85. The second-order valence-corrected chi connectivity index (χ2v) is 6.97. The zero-order chi connectivity index (χ0) is 17.9. The first-order chi connectivity index (χ1) is 12.8. The highest BCUT2D eigenvalue weighted by Crippen LogP contribution is 2.35. The third-order valence-corrected chi connectivity index (χ3v) is 5.37. The summed E-state index contributed by atoms with van der Waals surface area (Å²) in [5, 5.41) is 10.5. The van der Waals surface area contributed by atoms with E-state index < -0.39 is 0 Å². The molecule has 5 heteroatoms. The number of β-amino-alcohol motifs (C(OH)–C–C–N with tert-alkyl or cyclic N) is 1. The molecule has 1 aliphatic heterocycles. The molecule has 136 valence electrons. The average Bonchev–Trinajstić information content (AvgIpc) is 3.01. The van der Waals surface area contributed by atoms with Crippen molar-refractivity contribution in [3.05, 3.63) is 65.6 Å². The number of aryl methyl sites for hydroxylation is 1. The molecule has 1 saturated heterocycles. The Labute approximate surface area is 154 Å². The van der Waals surface area contributed by atoms with Gasteiger partial charge < -0.3 is 10.1 Å². The lowest BCUT2D eigenvalue weighted by Crippen LogP contribution is -2.48. The van der Waals surface area contributed by atoms with Gasteiger partial charge in [-0.2, -0.15) is 0 Å². The molecule has 0 amide bonds. The fourth-order valence-corrected chi connectivity index (χ4v) is 4.09. The summed E-state index contributed by atoms with van der Waals surface area (Å²) in [6.45, 7) is 7.05. The molecule has 0 spiro atoms. The van der Waals surface area contributed by atoms with Crippen molar-refractivity contribution in [2.45, 2.75) is 13.0 Å². The molecule has 1 aromatic carbocycles. The van der Waals surface area contributed by atoms with Crippen molar-refractivity contribution in [2.24, 2.45) is 0 Å². The Bertz CT molecular complexity index is 853. The number of pyridine rings is 1. The van der Waals surface area contributed by atoms with Crippen LogP contribution in [0.25, 0.3) is 10.9 Å². The lowest BCUT2D eigenvalue weighted by Gasteiger charge is -2.39. The average molecular weight is 350 g/mol. The van der Waals surface area contributed by atoms with Crippen molar-refractivity contribution in [1.29, 1.82) is 0 Å². The molecule has 2 N–H and O–H groups in total. The minimum atomic E-state index is 0.142. The lowest BCUT2D eigenvalue weighted by molar-refractivity contribution is 0.0936. The summed E-state index contributed by atoms with van der Waals surface area (Å²) in [6, 6.07) is 14.8. The van der Waals surface area contributed by atoms with Crippen LogP contribution in [0.4, 0.5) is 0 Å². The van der Waals surface area contributed by atoms with Gasteiger partial charge in [0.1, 0.15) is 0 Å². The molecule has 26 heavy (non-hydrogen) atoms. The molecule has 0 unspecified atom stereocenters. The fraction of sp³-hybridized carbons (Fsp3) is 0.381. The first kappa shape index (κ1) is 17.2. The van der Waals surface area contributed by atoms with Crippen LogP contribution in [0.2, 0.25) is 0 Å². The van der Waals surface area contributed by atoms with Gasteiger partial charge in [-0.3, -0.25) is 14.8 Å². The van der Waals surface area contributed by atoms with E-state index in [4.69, 9.17) is 4.98 Å². The van der Waals surface area contributed by atoms with Crippen LogP contribution in [0.3, 0.4) is 0 Å². The molecule has 3 heterocycles. The summed E-state index contributed by atoms with van der Waals surface area (Å²) in [4.78, 5) is 13.1. The Kier molecular flexibility index (Phi) is 5.02. The van der Waals surface area contributed by atoms with Crippen molar-refractivity contribution in [3.63, 3.8) is 0 Å². The van der Waals surface area contributed by atoms with Gasteiger partial charge in [-0.15, -0.1) is 0 Å². The van der Waals surface area contributed by atoms with E-state index in [2.05, 4.69) is 58.1 Å². The number of fused-ring (bicyclic) bond motifs is 1. The summed E-state index contributed by atoms with van der Waals surface area (Å²) in [5.41, 5.74) is 4.81. The zero-order valence-electron chi connectivity index (χ0n) is 15.2. The number of hydrogen-bond donors (Lipinski definition) is 2. The van der Waals surface area contributed by atoms with Gasteiger partial charge in [0.15, 0.2) is 0 Å². The first-order valence-corrected chi connectivity index (χ1v) is 9.33. The SMILES string of the molecule is Cc1[nH]c2ccccc2c1[C@@H](c1ccccn1)N1CCN(CCO)CC1. The highest BCUT2D eigenvalue weighted by Gasteiger charge is 2.30. The summed E-state index contributed by atoms with van der Waals surface area (Å²) in [5.74, 6) is 0. The molecule has 0 saturated carbocycles. The smallest absolute Gasteiger partial charge is 0.0800 e. The van der Waals surface area contributed by atoms with E-state index in [0.717, 1.165) is 38.4 Å². The number of aliphatic hydroxyl groups is 1. The van der Waals surface area contributed by atoms with Crippen molar-refractivity contribution in [1.82, 2.24) is 19.8 Å². The molecular formula is C21H26N4O. The number of nitrogens with zero attached hydrogens (tertiary/aromatic N) is 3. The molecular weight excluding hydrogens is 324 g/mol. The lowest BCUT2D eigenvalue weighted by atomic mass is 9.97. The normalized spacial score (nSPS) is 17.6. The number of aromatic amines is 1. The van der Waals surface area contributed by atoms with Gasteiger partial charge in [0.05, 0.1) is 18.3 Å². The summed E-state index contributed by atoms with van der Waals surface area (Å²) < 4.78 is 0. The third-order valence-electron chi connectivity index (χ3n) is 5.37. The summed E-state index contributed by atoms with van der Waals surface area (Å²) in [6.07, 6.45) is 1.88. The van der Waals surface area contributed by atoms with Crippen LogP contribution in [0.5, 0.6) is 0 Å². The Hall–Kier alpha value is -2.21. The van der Waals surface area contributed by atoms with Crippen LogP contribution in [0.15, 0.2) is 48.7 Å². The molecule has 5 nitrogen and oxygen atoms in total. The molecule has 2 aromatic heterocycles. The maximum absolute atomic E-state index is 9.21. The van der Waals surface area contributed by atoms with Crippen LogP contribution in [0.1, 0.15) is 23.0 Å². The quantitative estimate of drug-likeness (QED) is 0.743. The van der Waals surface area contributed by atoms with Crippen molar-refractivity contribution in [3.8, 4) is 0 Å². The van der Waals surface area contributed by atoms with Gasteiger partial charge in [-0.1, -0.05) is 24.3 Å². The molecule has 1 aliphatic rings. The number of piperazine rings is 1. The predicted octanol–water partition coefficient (Wildman–Crippen LogP) is 2.57. The second kappa shape index (κ2) is 7.58. The van der Waals surface area contributed by atoms with Gasteiger partial charge in [-0.05, 0) is 25.1 Å². The Morgan fingerprint density at radius 1 is 1.08 bits per heavy atom. The molecule has 3 aromatic rings. The van der Waals surface area contributed by atoms with E-state index in [1.54, 1.807) is 0 Å². The van der Waals surface area contributed by atoms with E-state index in [-0.39, 0.29) is 12.6 Å². The Morgan fingerprint density at radius 2 is 1.85 bits per heavy atom. The third kappa shape index (κ3) is 3.26. The van der Waals surface area contributed by atoms with E-state index in [1.165, 1.54) is 22.2 Å². The number of aromatic nitrogens is 2.